The second kappa shape index (κ2) is 6.56. The van der Waals surface area contributed by atoms with Crippen LogP contribution in [0.1, 0.15) is 27.7 Å². The van der Waals surface area contributed by atoms with E-state index in [4.69, 9.17) is 4.42 Å². The molecule has 1 aliphatic rings. The van der Waals surface area contributed by atoms with Gasteiger partial charge in [0.2, 0.25) is 0 Å². The Morgan fingerprint density at radius 3 is 2.46 bits per heavy atom. The highest BCUT2D eigenvalue weighted by atomic mass is 16.3. The number of furan rings is 1. The molecule has 0 aliphatic carbocycles. The first kappa shape index (κ1) is 16.2. The summed E-state index contributed by atoms with van der Waals surface area (Å²) in [6, 6.07) is 19.5. The molecule has 1 atom stereocenters. The summed E-state index contributed by atoms with van der Waals surface area (Å²) in [5.74, 6) is 0.193. The number of para-hydroxylation sites is 1. The van der Waals surface area contributed by atoms with Gasteiger partial charge in [-0.25, -0.2) is 0 Å². The molecule has 4 nitrogen and oxygen atoms in total. The quantitative estimate of drug-likeness (QED) is 0.687. The van der Waals surface area contributed by atoms with Gasteiger partial charge in [0.1, 0.15) is 0 Å². The molecule has 130 valence electrons. The molecule has 26 heavy (non-hydrogen) atoms. The number of anilines is 2. The van der Waals surface area contributed by atoms with Crippen LogP contribution in [0.5, 0.6) is 0 Å². The molecular formula is C22H20N2O2. The zero-order valence-corrected chi connectivity index (χ0v) is 14.8. The monoisotopic (exact) mass is 344 g/mol. The van der Waals surface area contributed by atoms with Crippen molar-refractivity contribution >= 4 is 23.4 Å². The number of benzene rings is 2. The van der Waals surface area contributed by atoms with Crippen molar-refractivity contribution in [3.8, 4) is 0 Å². The largest absolute Gasteiger partial charge is 0.459 e. The van der Waals surface area contributed by atoms with E-state index in [1.807, 2.05) is 38.4 Å². The lowest BCUT2D eigenvalue weighted by atomic mass is 9.96. The van der Waals surface area contributed by atoms with Gasteiger partial charge in [0.25, 0.3) is 5.91 Å². The molecule has 1 unspecified atom stereocenters. The van der Waals surface area contributed by atoms with Crippen molar-refractivity contribution in [1.29, 1.82) is 0 Å². The van der Waals surface area contributed by atoms with Crippen molar-refractivity contribution in [2.24, 2.45) is 0 Å². The lowest BCUT2D eigenvalue weighted by Crippen LogP contribution is -2.35. The first-order valence-corrected chi connectivity index (χ1v) is 8.57. The number of amides is 1. The Morgan fingerprint density at radius 2 is 1.77 bits per heavy atom. The Balaban J connectivity index is 1.78. The Labute approximate surface area is 153 Å². The molecule has 0 spiro atoms. The predicted molar refractivity (Wildman–Crippen MR) is 105 cm³/mol. The Bertz CT molecular complexity index is 941. The fraction of sp³-hybridized carbons (Fsp3) is 0.136. The molecule has 0 N–H and O–H groups in total. The zero-order valence-electron chi connectivity index (χ0n) is 14.8. The van der Waals surface area contributed by atoms with Gasteiger partial charge in [-0.3, -0.25) is 9.69 Å². The van der Waals surface area contributed by atoms with E-state index in [0.29, 0.717) is 5.76 Å². The van der Waals surface area contributed by atoms with Crippen molar-refractivity contribution in [2.45, 2.75) is 6.04 Å². The fourth-order valence-corrected chi connectivity index (χ4v) is 3.26. The minimum absolute atomic E-state index is 0.145. The van der Waals surface area contributed by atoms with Crippen LogP contribution < -0.4 is 9.80 Å². The number of carbonyl (C=O) groups excluding carboxylic acids is 1. The average molecular weight is 344 g/mol. The molecule has 0 fully saturated rings. The van der Waals surface area contributed by atoms with Gasteiger partial charge in [0, 0.05) is 19.8 Å². The van der Waals surface area contributed by atoms with Crippen LogP contribution in [0.25, 0.3) is 6.08 Å². The molecule has 2 aromatic carbocycles. The highest BCUT2D eigenvalue weighted by Crippen LogP contribution is 2.37. The summed E-state index contributed by atoms with van der Waals surface area (Å²) in [6.45, 7) is 0. The van der Waals surface area contributed by atoms with Crippen molar-refractivity contribution in [3.63, 3.8) is 0 Å². The highest BCUT2D eigenvalue weighted by Gasteiger charge is 2.31. The van der Waals surface area contributed by atoms with E-state index in [0.717, 1.165) is 22.5 Å². The second-order valence-corrected chi connectivity index (χ2v) is 6.50. The summed E-state index contributed by atoms with van der Waals surface area (Å²) < 4.78 is 5.38. The lowest BCUT2D eigenvalue weighted by Gasteiger charge is -2.34. The van der Waals surface area contributed by atoms with E-state index < -0.39 is 0 Å². The molecule has 4 heteroatoms. The summed E-state index contributed by atoms with van der Waals surface area (Å²) in [5, 5.41) is 0. The summed E-state index contributed by atoms with van der Waals surface area (Å²) in [5.41, 5.74) is 4.09. The maximum atomic E-state index is 13.2. The first-order valence-electron chi connectivity index (χ1n) is 8.57. The summed E-state index contributed by atoms with van der Waals surface area (Å²) in [4.78, 5) is 17.0. The Hall–Kier alpha value is -3.27. The third-order valence-corrected chi connectivity index (χ3v) is 4.63. The number of rotatable bonds is 3. The van der Waals surface area contributed by atoms with Crippen LogP contribution >= 0.6 is 0 Å². The molecule has 1 aliphatic heterocycles. The molecule has 0 saturated heterocycles. The van der Waals surface area contributed by atoms with Crippen LogP contribution in [0.3, 0.4) is 0 Å². The van der Waals surface area contributed by atoms with E-state index in [9.17, 15) is 4.79 Å². The number of hydrogen-bond donors (Lipinski definition) is 0. The highest BCUT2D eigenvalue weighted by molar-refractivity contribution is 6.07. The smallest absolute Gasteiger partial charge is 0.294 e. The summed E-state index contributed by atoms with van der Waals surface area (Å²) >= 11 is 0. The fourth-order valence-electron chi connectivity index (χ4n) is 3.26. The normalized spacial score (nSPS) is 15.6. The molecule has 1 amide bonds. The van der Waals surface area contributed by atoms with Gasteiger partial charge in [0.15, 0.2) is 5.76 Å². The van der Waals surface area contributed by atoms with Gasteiger partial charge < -0.3 is 9.32 Å². The number of carbonyl (C=O) groups is 1. The van der Waals surface area contributed by atoms with Gasteiger partial charge in [-0.2, -0.15) is 0 Å². The molecule has 0 bridgehead atoms. The Morgan fingerprint density at radius 1 is 1.00 bits per heavy atom. The molecule has 1 aromatic heterocycles. The Kier molecular flexibility index (Phi) is 4.09. The lowest BCUT2D eigenvalue weighted by molar-refractivity contribution is 0.0953. The van der Waals surface area contributed by atoms with Crippen molar-refractivity contribution in [2.75, 3.05) is 23.9 Å². The average Bonchev–Trinajstić information content (AvgIpc) is 3.21. The van der Waals surface area contributed by atoms with Crippen molar-refractivity contribution < 1.29 is 9.21 Å². The third-order valence-electron chi connectivity index (χ3n) is 4.63. The van der Waals surface area contributed by atoms with Crippen molar-refractivity contribution in [3.05, 3.63) is 89.9 Å². The van der Waals surface area contributed by atoms with Crippen LogP contribution in [-0.2, 0) is 0 Å². The second-order valence-electron chi connectivity index (χ2n) is 6.50. The molecule has 4 rings (SSSR count). The van der Waals surface area contributed by atoms with Gasteiger partial charge in [-0.05, 0) is 41.5 Å². The van der Waals surface area contributed by atoms with E-state index in [1.165, 1.54) is 6.26 Å². The van der Waals surface area contributed by atoms with Crippen LogP contribution in [0.15, 0.2) is 77.4 Å². The zero-order chi connectivity index (χ0) is 18.1. The predicted octanol–water partition coefficient (Wildman–Crippen LogP) is 4.76. The number of fused-ring (bicyclic) bond motifs is 1. The maximum Gasteiger partial charge on any atom is 0.294 e. The molecular weight excluding hydrogens is 324 g/mol. The minimum Gasteiger partial charge on any atom is -0.459 e. The minimum atomic E-state index is -0.182. The van der Waals surface area contributed by atoms with E-state index >= 15 is 0 Å². The van der Waals surface area contributed by atoms with E-state index in [2.05, 4.69) is 41.3 Å². The standard InChI is InChI=1S/C22H20N2O2/c1-23(2)18-12-9-17(10-13-18)20-14-11-16-6-3-4-7-19(16)24(20)22(25)21-8-5-15-26-21/h3-15,20H,1-2H3. The van der Waals surface area contributed by atoms with Crippen LogP contribution in [-0.4, -0.2) is 20.0 Å². The van der Waals surface area contributed by atoms with Gasteiger partial charge in [-0.1, -0.05) is 42.5 Å². The van der Waals surface area contributed by atoms with Gasteiger partial charge >= 0.3 is 0 Å². The van der Waals surface area contributed by atoms with Crippen LogP contribution in [0.4, 0.5) is 11.4 Å². The van der Waals surface area contributed by atoms with Crippen molar-refractivity contribution in [1.82, 2.24) is 0 Å². The van der Waals surface area contributed by atoms with Gasteiger partial charge in [0.05, 0.1) is 18.0 Å². The molecule has 2 heterocycles. The topological polar surface area (TPSA) is 36.7 Å². The number of hydrogen-bond acceptors (Lipinski definition) is 3. The van der Waals surface area contributed by atoms with E-state index in [1.54, 1.807) is 17.0 Å². The van der Waals surface area contributed by atoms with Crippen LogP contribution in [0, 0.1) is 0 Å². The molecule has 3 aromatic rings. The van der Waals surface area contributed by atoms with E-state index in [-0.39, 0.29) is 11.9 Å². The molecule has 0 saturated carbocycles. The molecule has 0 radical (unpaired) electrons. The first-order chi connectivity index (χ1) is 12.6. The maximum absolute atomic E-state index is 13.2. The van der Waals surface area contributed by atoms with Gasteiger partial charge in [-0.15, -0.1) is 0 Å². The number of nitrogens with zero attached hydrogens (tertiary/aromatic N) is 2. The summed E-state index contributed by atoms with van der Waals surface area (Å²) in [7, 11) is 4.02. The SMILES string of the molecule is CN(C)c1ccc(C2C=Cc3ccccc3N2C(=O)c2ccco2)cc1. The van der Waals surface area contributed by atoms with Crippen LogP contribution in [0.2, 0.25) is 0 Å². The summed E-state index contributed by atoms with van der Waals surface area (Å²) in [6.07, 6.45) is 5.67. The third kappa shape index (κ3) is 2.80.